The molecule has 1 aromatic heterocycles. The number of carboxylic acid groups (broad SMARTS) is 1. The summed E-state index contributed by atoms with van der Waals surface area (Å²) < 4.78 is 54.0. The number of aromatic nitrogens is 1. The smallest absolute Gasteiger partial charge is 0.407 e. The second kappa shape index (κ2) is 22.5. The van der Waals surface area contributed by atoms with E-state index in [0.29, 0.717) is 41.7 Å². The summed E-state index contributed by atoms with van der Waals surface area (Å²) in [5.41, 5.74) is 1.88. The molecule has 1 fully saturated rings. The number of aromatic amines is 1. The Labute approximate surface area is 384 Å². The molecule has 5 atom stereocenters. The minimum Gasteiger partial charge on any atom is -0.497 e. The Balaban J connectivity index is 1.27. The van der Waals surface area contributed by atoms with E-state index in [0.717, 1.165) is 22.7 Å². The number of para-hydroxylation sites is 1. The zero-order valence-corrected chi connectivity index (χ0v) is 38.7. The molecule has 0 aliphatic heterocycles. The number of fused-ring (bicyclic) bond motifs is 1. The maximum Gasteiger partial charge on any atom is 0.407 e. The standard InChI is InChI=1S/C48H58N5O11PS/c1-63-37-24-22-35(23-25-37)42(34-17-7-4-8-18-34)44(52-43(54)40(53-66(2,61)62)21-11-14-28-49-47(58)64-31-33-15-5-3-6-16-33)65(59,60)32-48(26-12-13-27-48)46(57)51-41(45(55)56)29-36-30-50-39-20-10-9-19-38(36)39/h3-10,15-20,22-25,30,40-42,44,50,53H,11-14,21,26-29,31-32H2,1-2H3,(H,49,58)(H,51,57)(H,52,54)(H,55,56)(H,59,60)/t40-,41-,42-,44+/m0/s1. The number of amides is 3. The molecule has 352 valence electrons. The van der Waals surface area contributed by atoms with Crippen LogP contribution in [0.25, 0.3) is 10.9 Å². The Bertz CT molecular complexity index is 2590. The highest BCUT2D eigenvalue weighted by atomic mass is 32.2. The van der Waals surface area contributed by atoms with Crippen molar-refractivity contribution in [2.45, 2.75) is 81.8 Å². The van der Waals surface area contributed by atoms with Gasteiger partial charge in [0, 0.05) is 42.1 Å². The lowest BCUT2D eigenvalue weighted by Crippen LogP contribution is -2.53. The fourth-order valence-corrected chi connectivity index (χ4v) is 12.1. The number of unbranched alkanes of at least 4 members (excludes halogenated alkanes) is 1. The zero-order chi connectivity index (χ0) is 47.3. The predicted molar refractivity (Wildman–Crippen MR) is 251 cm³/mol. The molecule has 6 rings (SSSR count). The van der Waals surface area contributed by atoms with Gasteiger partial charge in [0.1, 0.15) is 30.2 Å². The average Bonchev–Trinajstić information content (AvgIpc) is 3.95. The van der Waals surface area contributed by atoms with Crippen LogP contribution in [0.3, 0.4) is 0 Å². The van der Waals surface area contributed by atoms with Crippen LogP contribution < -0.4 is 25.4 Å². The van der Waals surface area contributed by atoms with Gasteiger partial charge in [-0.3, -0.25) is 14.2 Å². The van der Waals surface area contributed by atoms with E-state index in [1.807, 2.05) is 54.6 Å². The molecule has 7 N–H and O–H groups in total. The van der Waals surface area contributed by atoms with E-state index in [1.165, 1.54) is 7.11 Å². The number of hydrogen-bond donors (Lipinski definition) is 7. The molecule has 1 unspecified atom stereocenters. The van der Waals surface area contributed by atoms with Crippen molar-refractivity contribution in [1.82, 2.24) is 25.7 Å². The van der Waals surface area contributed by atoms with Gasteiger partial charge in [0.15, 0.2) is 0 Å². The zero-order valence-electron chi connectivity index (χ0n) is 37.0. The third kappa shape index (κ3) is 13.3. The number of ether oxygens (including phenoxy) is 2. The maximum atomic E-state index is 15.5. The molecule has 3 amide bonds. The van der Waals surface area contributed by atoms with Crippen molar-refractivity contribution >= 4 is 52.2 Å². The number of aliphatic carboxylic acids is 1. The first-order valence-corrected chi connectivity index (χ1v) is 25.7. The summed E-state index contributed by atoms with van der Waals surface area (Å²) in [6.45, 7) is 0.238. The summed E-state index contributed by atoms with van der Waals surface area (Å²) in [5, 5.41) is 19.3. The van der Waals surface area contributed by atoms with Crippen LogP contribution in [0.2, 0.25) is 0 Å². The molecule has 1 saturated carbocycles. The van der Waals surface area contributed by atoms with Crippen LogP contribution in [0, 0.1) is 5.41 Å². The van der Waals surface area contributed by atoms with Crippen LogP contribution in [0.1, 0.15) is 73.1 Å². The van der Waals surface area contributed by atoms with Gasteiger partial charge in [-0.2, -0.15) is 0 Å². The summed E-state index contributed by atoms with van der Waals surface area (Å²) in [6.07, 6.45) is 3.30. The van der Waals surface area contributed by atoms with Gasteiger partial charge in [-0.25, -0.2) is 22.7 Å². The Morgan fingerprint density at radius 3 is 2.12 bits per heavy atom. The highest BCUT2D eigenvalue weighted by Gasteiger charge is 2.51. The number of carbonyl (C=O) groups is 4. The topological polar surface area (TPSA) is 242 Å². The van der Waals surface area contributed by atoms with Crippen molar-refractivity contribution in [3.8, 4) is 5.75 Å². The molecular formula is C48H58N5O11PS. The monoisotopic (exact) mass is 943 g/mol. The van der Waals surface area contributed by atoms with Gasteiger partial charge in [0.25, 0.3) is 0 Å². The molecule has 1 aliphatic carbocycles. The third-order valence-electron chi connectivity index (χ3n) is 12.0. The number of hydrogen-bond acceptors (Lipinski definition) is 9. The Morgan fingerprint density at radius 1 is 0.833 bits per heavy atom. The fourth-order valence-electron chi connectivity index (χ4n) is 8.70. The van der Waals surface area contributed by atoms with E-state index in [-0.39, 0.29) is 45.3 Å². The first-order valence-electron chi connectivity index (χ1n) is 21.9. The van der Waals surface area contributed by atoms with E-state index >= 15 is 4.57 Å². The number of nitrogens with one attached hydrogen (secondary N) is 5. The van der Waals surface area contributed by atoms with E-state index in [9.17, 15) is 37.6 Å². The largest absolute Gasteiger partial charge is 0.497 e. The SMILES string of the molecule is COc1ccc([C@H](c2ccccc2)[C@H](NC(=O)[C@H](CCCCNC(=O)OCc2ccccc2)NS(C)(=O)=O)P(=O)(O)CC2(C(=O)N[C@@H](Cc3c[nH]c4ccccc34)C(=O)O)CCCC2)cc1. The second-order valence-electron chi connectivity index (χ2n) is 16.9. The maximum absolute atomic E-state index is 15.5. The van der Waals surface area contributed by atoms with Gasteiger partial charge in [-0.05, 0) is 72.6 Å². The molecule has 0 bridgehead atoms. The predicted octanol–water partition coefficient (Wildman–Crippen LogP) is 6.41. The summed E-state index contributed by atoms with van der Waals surface area (Å²) in [6, 6.07) is 29.3. The lowest BCUT2D eigenvalue weighted by Gasteiger charge is -2.38. The molecule has 66 heavy (non-hydrogen) atoms. The van der Waals surface area contributed by atoms with E-state index in [4.69, 9.17) is 9.47 Å². The molecule has 4 aromatic carbocycles. The third-order valence-corrected chi connectivity index (χ3v) is 15.1. The number of benzene rings is 4. The summed E-state index contributed by atoms with van der Waals surface area (Å²) in [4.78, 5) is 69.8. The lowest BCUT2D eigenvalue weighted by atomic mass is 9.87. The number of alkyl carbamates (subject to hydrolysis) is 1. The number of carbonyl (C=O) groups excluding carboxylic acids is 3. The van der Waals surface area contributed by atoms with Crippen LogP contribution in [0.15, 0.2) is 115 Å². The Morgan fingerprint density at radius 2 is 1.47 bits per heavy atom. The van der Waals surface area contributed by atoms with Crippen molar-refractivity contribution in [3.63, 3.8) is 0 Å². The lowest BCUT2D eigenvalue weighted by molar-refractivity contribution is -0.143. The van der Waals surface area contributed by atoms with E-state index in [2.05, 4.69) is 25.7 Å². The van der Waals surface area contributed by atoms with Crippen LogP contribution >= 0.6 is 7.37 Å². The molecule has 16 nitrogen and oxygen atoms in total. The normalized spacial score (nSPS) is 16.2. The summed E-state index contributed by atoms with van der Waals surface area (Å²) in [7, 11) is -7.27. The molecular weight excluding hydrogens is 886 g/mol. The molecule has 0 saturated heterocycles. The van der Waals surface area contributed by atoms with Crippen LogP contribution in [0.5, 0.6) is 5.75 Å². The number of methoxy groups -OCH3 is 1. The highest BCUT2D eigenvalue weighted by molar-refractivity contribution is 7.88. The Kier molecular flexibility index (Phi) is 16.8. The highest BCUT2D eigenvalue weighted by Crippen LogP contribution is 2.59. The quantitative estimate of drug-likeness (QED) is 0.0279. The number of H-pyrrole nitrogens is 1. The first-order chi connectivity index (χ1) is 31.6. The molecule has 0 spiro atoms. The van der Waals surface area contributed by atoms with Gasteiger partial charge in [-0.1, -0.05) is 104 Å². The van der Waals surface area contributed by atoms with Crippen molar-refractivity contribution in [2.24, 2.45) is 5.41 Å². The van der Waals surface area contributed by atoms with Crippen LogP contribution in [-0.2, 0) is 46.7 Å². The van der Waals surface area contributed by atoms with Crippen molar-refractivity contribution < 1.29 is 51.6 Å². The second-order valence-corrected chi connectivity index (χ2v) is 21.0. The fraction of sp³-hybridized carbons (Fsp3) is 0.375. The molecule has 0 radical (unpaired) electrons. The first kappa shape index (κ1) is 49.4. The number of rotatable bonds is 23. The van der Waals surface area contributed by atoms with Crippen molar-refractivity contribution in [3.05, 3.63) is 138 Å². The van der Waals surface area contributed by atoms with Crippen molar-refractivity contribution in [2.75, 3.05) is 26.1 Å². The minimum absolute atomic E-state index is 0.0417. The summed E-state index contributed by atoms with van der Waals surface area (Å²) in [5.74, 6) is -4.93. The van der Waals surface area contributed by atoms with Crippen LogP contribution in [0.4, 0.5) is 4.79 Å². The average molecular weight is 944 g/mol. The van der Waals surface area contributed by atoms with Crippen molar-refractivity contribution in [1.29, 1.82) is 0 Å². The Hall–Kier alpha value is -6.00. The van der Waals surface area contributed by atoms with Gasteiger partial charge >= 0.3 is 12.1 Å². The van der Waals surface area contributed by atoms with Crippen LogP contribution in [-0.4, -0.2) is 91.2 Å². The van der Waals surface area contributed by atoms with Gasteiger partial charge in [0.2, 0.25) is 29.2 Å². The van der Waals surface area contributed by atoms with E-state index in [1.54, 1.807) is 60.8 Å². The minimum atomic E-state index is -4.77. The molecule has 1 aliphatic rings. The summed E-state index contributed by atoms with van der Waals surface area (Å²) >= 11 is 0. The number of carboxylic acids is 1. The molecule has 18 heteroatoms. The molecule has 1 heterocycles. The van der Waals surface area contributed by atoms with Gasteiger partial charge in [-0.15, -0.1) is 0 Å². The van der Waals surface area contributed by atoms with E-state index < -0.39 is 76.6 Å². The molecule has 5 aromatic rings. The number of sulfonamides is 1. The van der Waals surface area contributed by atoms with Gasteiger partial charge < -0.3 is 40.4 Å². The van der Waals surface area contributed by atoms with Gasteiger partial charge in [0.05, 0.1) is 18.8 Å².